The van der Waals surface area contributed by atoms with Crippen molar-refractivity contribution in [3.8, 4) is 0 Å². The molecule has 0 aliphatic heterocycles. The van der Waals surface area contributed by atoms with Crippen LogP contribution < -0.4 is 0 Å². The number of hydrogen-bond acceptors (Lipinski definition) is 1. The van der Waals surface area contributed by atoms with Gasteiger partial charge in [-0.25, -0.2) is 4.99 Å². The summed E-state index contributed by atoms with van der Waals surface area (Å²) in [5.74, 6) is 1.56. The molecule has 1 aromatic rings. The summed E-state index contributed by atoms with van der Waals surface area (Å²) in [7, 11) is 4.07. The van der Waals surface area contributed by atoms with Crippen LogP contribution in [-0.2, 0) is 0 Å². The second kappa shape index (κ2) is 4.96. The molecule has 0 unspecified atom stereocenters. The first-order chi connectivity index (χ1) is 7.00. The van der Waals surface area contributed by atoms with Gasteiger partial charge in [0, 0.05) is 20.0 Å². The molecule has 0 N–H and O–H groups in total. The second-order valence-electron chi connectivity index (χ2n) is 4.35. The molecule has 0 spiro atoms. The van der Waals surface area contributed by atoms with E-state index in [1.807, 2.05) is 14.1 Å². The van der Waals surface area contributed by atoms with Crippen molar-refractivity contribution in [3.05, 3.63) is 29.8 Å². The van der Waals surface area contributed by atoms with Crippen LogP contribution in [0.3, 0.4) is 0 Å². The summed E-state index contributed by atoms with van der Waals surface area (Å²) in [6, 6.07) is 8.29. The molecule has 0 atom stereocenters. The molecule has 82 valence electrons. The van der Waals surface area contributed by atoms with Gasteiger partial charge in [-0.3, -0.25) is 0 Å². The number of hydrogen-bond donors (Lipinski definition) is 0. The summed E-state index contributed by atoms with van der Waals surface area (Å²) in [6.45, 7) is 6.41. The smallest absolute Gasteiger partial charge is 0.107 e. The van der Waals surface area contributed by atoms with Crippen molar-refractivity contribution < 1.29 is 0 Å². The van der Waals surface area contributed by atoms with Gasteiger partial charge in [0.05, 0.1) is 5.69 Å². The number of amidine groups is 1. The number of benzene rings is 1. The SMILES string of the molecule is Cc1ccc(N=C(C(C)C)N(C)C)cc1. The van der Waals surface area contributed by atoms with Gasteiger partial charge in [-0.1, -0.05) is 31.5 Å². The summed E-state index contributed by atoms with van der Waals surface area (Å²) in [6.07, 6.45) is 0. The Hall–Kier alpha value is -1.31. The minimum atomic E-state index is 0.446. The molecule has 0 aliphatic carbocycles. The fourth-order valence-corrected chi connectivity index (χ4v) is 1.50. The summed E-state index contributed by atoms with van der Waals surface area (Å²) < 4.78 is 0. The highest BCUT2D eigenvalue weighted by Crippen LogP contribution is 2.15. The molecule has 15 heavy (non-hydrogen) atoms. The van der Waals surface area contributed by atoms with Gasteiger partial charge in [0.2, 0.25) is 0 Å². The molecular formula is C13H20N2. The molecule has 1 aromatic carbocycles. The van der Waals surface area contributed by atoms with E-state index in [2.05, 4.69) is 54.9 Å². The molecule has 1 rings (SSSR count). The van der Waals surface area contributed by atoms with Crippen molar-refractivity contribution in [1.29, 1.82) is 0 Å². The Morgan fingerprint density at radius 1 is 1.13 bits per heavy atom. The second-order valence-corrected chi connectivity index (χ2v) is 4.35. The van der Waals surface area contributed by atoms with Crippen LogP contribution in [0.4, 0.5) is 5.69 Å². The minimum absolute atomic E-state index is 0.446. The van der Waals surface area contributed by atoms with Gasteiger partial charge in [0.25, 0.3) is 0 Å². The van der Waals surface area contributed by atoms with Crippen molar-refractivity contribution in [2.45, 2.75) is 20.8 Å². The van der Waals surface area contributed by atoms with Crippen LogP contribution in [0.1, 0.15) is 19.4 Å². The topological polar surface area (TPSA) is 15.6 Å². The van der Waals surface area contributed by atoms with E-state index in [1.54, 1.807) is 0 Å². The summed E-state index contributed by atoms with van der Waals surface area (Å²) in [5.41, 5.74) is 2.29. The molecule has 2 heteroatoms. The molecule has 0 amide bonds. The molecule has 2 nitrogen and oxygen atoms in total. The van der Waals surface area contributed by atoms with Gasteiger partial charge in [0.15, 0.2) is 0 Å². The zero-order chi connectivity index (χ0) is 11.4. The van der Waals surface area contributed by atoms with Gasteiger partial charge in [-0.2, -0.15) is 0 Å². The van der Waals surface area contributed by atoms with Crippen molar-refractivity contribution >= 4 is 11.5 Å². The quantitative estimate of drug-likeness (QED) is 0.533. The molecule has 0 aliphatic rings. The summed E-state index contributed by atoms with van der Waals surface area (Å²) >= 11 is 0. The van der Waals surface area contributed by atoms with Crippen LogP contribution in [0.15, 0.2) is 29.3 Å². The first-order valence-corrected chi connectivity index (χ1v) is 5.33. The van der Waals surface area contributed by atoms with E-state index in [1.165, 1.54) is 5.56 Å². The van der Waals surface area contributed by atoms with Gasteiger partial charge < -0.3 is 4.90 Å². The molecule has 0 saturated heterocycles. The van der Waals surface area contributed by atoms with Gasteiger partial charge >= 0.3 is 0 Å². The lowest BCUT2D eigenvalue weighted by Crippen LogP contribution is -2.26. The average Bonchev–Trinajstić information content (AvgIpc) is 2.15. The van der Waals surface area contributed by atoms with Crippen LogP contribution in [0.25, 0.3) is 0 Å². The third-order valence-corrected chi connectivity index (χ3v) is 2.25. The fourth-order valence-electron chi connectivity index (χ4n) is 1.50. The summed E-state index contributed by atoms with van der Waals surface area (Å²) in [5, 5.41) is 0. The zero-order valence-electron chi connectivity index (χ0n) is 10.3. The maximum absolute atomic E-state index is 4.64. The third-order valence-electron chi connectivity index (χ3n) is 2.25. The number of aliphatic imine (C=N–C) groups is 1. The lowest BCUT2D eigenvalue weighted by molar-refractivity contribution is 0.575. The highest BCUT2D eigenvalue weighted by Gasteiger charge is 2.06. The molecule has 0 aromatic heterocycles. The molecule has 0 saturated carbocycles. The van der Waals surface area contributed by atoms with Gasteiger partial charge in [-0.15, -0.1) is 0 Å². The Morgan fingerprint density at radius 3 is 2.07 bits per heavy atom. The van der Waals surface area contributed by atoms with Gasteiger partial charge in [0.1, 0.15) is 5.84 Å². The van der Waals surface area contributed by atoms with E-state index >= 15 is 0 Å². The van der Waals surface area contributed by atoms with Crippen LogP contribution in [0, 0.1) is 12.8 Å². The predicted octanol–water partition coefficient (Wildman–Crippen LogP) is 3.24. The molecule has 0 heterocycles. The minimum Gasteiger partial charge on any atom is -0.366 e. The van der Waals surface area contributed by atoms with Crippen molar-refractivity contribution in [1.82, 2.24) is 4.90 Å². The van der Waals surface area contributed by atoms with Crippen LogP contribution in [0.5, 0.6) is 0 Å². The third kappa shape index (κ3) is 3.39. The Kier molecular flexibility index (Phi) is 3.89. The fraction of sp³-hybridized carbons (Fsp3) is 0.462. The first kappa shape index (κ1) is 11.8. The van der Waals surface area contributed by atoms with E-state index in [-0.39, 0.29) is 0 Å². The first-order valence-electron chi connectivity index (χ1n) is 5.33. The number of aryl methyl sites for hydroxylation is 1. The number of rotatable bonds is 2. The molecule has 0 radical (unpaired) electrons. The van der Waals surface area contributed by atoms with E-state index < -0.39 is 0 Å². The normalized spacial score (nSPS) is 12.0. The Bertz CT molecular complexity index is 324. The van der Waals surface area contributed by atoms with Crippen molar-refractivity contribution in [2.24, 2.45) is 10.9 Å². The summed E-state index contributed by atoms with van der Waals surface area (Å²) in [4.78, 5) is 6.72. The standard InChI is InChI=1S/C13H20N2/c1-10(2)13(15(4)5)14-12-8-6-11(3)7-9-12/h6-10H,1-5H3. The van der Waals surface area contributed by atoms with Crippen molar-refractivity contribution in [3.63, 3.8) is 0 Å². The zero-order valence-corrected chi connectivity index (χ0v) is 10.3. The predicted molar refractivity (Wildman–Crippen MR) is 66.8 cm³/mol. The highest BCUT2D eigenvalue weighted by molar-refractivity contribution is 5.86. The largest absolute Gasteiger partial charge is 0.366 e. The maximum atomic E-state index is 4.64. The van der Waals surface area contributed by atoms with E-state index in [9.17, 15) is 0 Å². The lowest BCUT2D eigenvalue weighted by atomic mass is 10.2. The molecule has 0 fully saturated rings. The Morgan fingerprint density at radius 2 is 1.67 bits per heavy atom. The Labute approximate surface area is 92.6 Å². The average molecular weight is 204 g/mol. The van der Waals surface area contributed by atoms with E-state index in [0.717, 1.165) is 11.5 Å². The van der Waals surface area contributed by atoms with Crippen LogP contribution >= 0.6 is 0 Å². The van der Waals surface area contributed by atoms with E-state index in [0.29, 0.717) is 5.92 Å². The maximum Gasteiger partial charge on any atom is 0.107 e. The van der Waals surface area contributed by atoms with Crippen molar-refractivity contribution in [2.75, 3.05) is 14.1 Å². The molecule has 0 bridgehead atoms. The lowest BCUT2D eigenvalue weighted by Gasteiger charge is -2.18. The highest BCUT2D eigenvalue weighted by atomic mass is 15.1. The Balaban J connectivity index is 2.97. The van der Waals surface area contributed by atoms with E-state index in [4.69, 9.17) is 0 Å². The number of nitrogens with zero attached hydrogens (tertiary/aromatic N) is 2. The van der Waals surface area contributed by atoms with Crippen LogP contribution in [-0.4, -0.2) is 24.8 Å². The molecular weight excluding hydrogens is 184 g/mol. The van der Waals surface area contributed by atoms with Crippen LogP contribution in [0.2, 0.25) is 0 Å². The monoisotopic (exact) mass is 204 g/mol. The van der Waals surface area contributed by atoms with Gasteiger partial charge in [-0.05, 0) is 19.1 Å².